The van der Waals surface area contributed by atoms with Crippen LogP contribution in [0.3, 0.4) is 0 Å². The molecule has 0 unspecified atom stereocenters. The Bertz CT molecular complexity index is 412. The first-order valence-electron chi connectivity index (χ1n) is 5.74. The molecular weight excluding hydrogens is 232 g/mol. The van der Waals surface area contributed by atoms with Gasteiger partial charge in [-0.25, -0.2) is 4.79 Å². The predicted octanol–water partition coefficient (Wildman–Crippen LogP) is 2.39. The van der Waals surface area contributed by atoms with Crippen molar-refractivity contribution in [1.82, 2.24) is 0 Å². The maximum atomic E-state index is 10.7. The SMILES string of the molecule is C=CC(=O)OCCCCOc1ccccc1C=O. The Morgan fingerprint density at radius 3 is 2.67 bits per heavy atom. The topological polar surface area (TPSA) is 52.6 Å². The molecule has 1 aromatic carbocycles. The maximum absolute atomic E-state index is 10.7. The van der Waals surface area contributed by atoms with E-state index in [-0.39, 0.29) is 0 Å². The number of aldehydes is 1. The highest BCUT2D eigenvalue weighted by Gasteiger charge is 2.01. The van der Waals surface area contributed by atoms with Gasteiger partial charge in [-0.05, 0) is 25.0 Å². The van der Waals surface area contributed by atoms with E-state index in [1.54, 1.807) is 18.2 Å². The van der Waals surface area contributed by atoms with Crippen molar-refractivity contribution in [2.24, 2.45) is 0 Å². The minimum absolute atomic E-state index is 0.351. The maximum Gasteiger partial charge on any atom is 0.330 e. The molecule has 0 aromatic heterocycles. The van der Waals surface area contributed by atoms with Crippen LogP contribution < -0.4 is 4.74 Å². The van der Waals surface area contributed by atoms with Gasteiger partial charge in [0.25, 0.3) is 0 Å². The molecule has 0 saturated heterocycles. The van der Waals surface area contributed by atoms with Gasteiger partial charge in [-0.15, -0.1) is 0 Å². The highest BCUT2D eigenvalue weighted by Crippen LogP contribution is 2.15. The Hall–Kier alpha value is -2.10. The molecule has 0 spiro atoms. The quantitative estimate of drug-likeness (QED) is 0.307. The lowest BCUT2D eigenvalue weighted by atomic mass is 10.2. The van der Waals surface area contributed by atoms with Gasteiger partial charge in [-0.2, -0.15) is 0 Å². The Balaban J connectivity index is 2.19. The lowest BCUT2D eigenvalue weighted by molar-refractivity contribution is -0.137. The number of ether oxygens (including phenoxy) is 2. The molecule has 4 heteroatoms. The van der Waals surface area contributed by atoms with Crippen molar-refractivity contribution in [2.45, 2.75) is 12.8 Å². The molecule has 0 atom stereocenters. The Kier molecular flexibility index (Phi) is 6.25. The van der Waals surface area contributed by atoms with Crippen molar-refractivity contribution in [1.29, 1.82) is 0 Å². The minimum atomic E-state index is -0.415. The number of benzene rings is 1. The number of hydrogen-bond donors (Lipinski definition) is 0. The zero-order valence-electron chi connectivity index (χ0n) is 10.1. The third-order valence-corrected chi connectivity index (χ3v) is 2.25. The summed E-state index contributed by atoms with van der Waals surface area (Å²) in [5, 5.41) is 0. The van der Waals surface area contributed by atoms with Gasteiger partial charge in [-0.1, -0.05) is 18.7 Å². The third-order valence-electron chi connectivity index (χ3n) is 2.25. The number of unbranched alkanes of at least 4 members (excludes halogenated alkanes) is 1. The summed E-state index contributed by atoms with van der Waals surface area (Å²) in [7, 11) is 0. The van der Waals surface area contributed by atoms with Crippen molar-refractivity contribution >= 4 is 12.3 Å². The highest BCUT2D eigenvalue weighted by atomic mass is 16.5. The number of esters is 1. The van der Waals surface area contributed by atoms with E-state index < -0.39 is 5.97 Å². The van der Waals surface area contributed by atoms with Crippen LogP contribution in [0.5, 0.6) is 5.75 Å². The molecule has 18 heavy (non-hydrogen) atoms. The molecule has 1 aromatic rings. The van der Waals surface area contributed by atoms with Crippen LogP contribution in [-0.4, -0.2) is 25.5 Å². The monoisotopic (exact) mass is 248 g/mol. The molecule has 0 amide bonds. The first-order valence-corrected chi connectivity index (χ1v) is 5.74. The fraction of sp³-hybridized carbons (Fsp3) is 0.286. The molecule has 0 aliphatic carbocycles. The molecule has 0 N–H and O–H groups in total. The van der Waals surface area contributed by atoms with Crippen molar-refractivity contribution in [3.8, 4) is 5.75 Å². The van der Waals surface area contributed by atoms with Crippen LogP contribution in [0, 0.1) is 0 Å². The van der Waals surface area contributed by atoms with E-state index in [9.17, 15) is 9.59 Å². The summed E-state index contributed by atoms with van der Waals surface area (Å²) < 4.78 is 10.3. The van der Waals surface area contributed by atoms with Gasteiger partial charge >= 0.3 is 5.97 Å². The van der Waals surface area contributed by atoms with Crippen molar-refractivity contribution < 1.29 is 19.1 Å². The standard InChI is InChI=1S/C14H16O4/c1-2-14(16)18-10-6-5-9-17-13-8-4-3-7-12(13)11-15/h2-4,7-8,11H,1,5-6,9-10H2. The molecule has 0 bridgehead atoms. The summed E-state index contributed by atoms with van der Waals surface area (Å²) in [4.78, 5) is 21.5. The van der Waals surface area contributed by atoms with Gasteiger partial charge in [0.15, 0.2) is 6.29 Å². The average Bonchev–Trinajstić information content (AvgIpc) is 2.42. The van der Waals surface area contributed by atoms with E-state index in [2.05, 4.69) is 6.58 Å². The van der Waals surface area contributed by atoms with Gasteiger partial charge in [0.05, 0.1) is 18.8 Å². The third kappa shape index (κ3) is 4.82. The van der Waals surface area contributed by atoms with Crippen LogP contribution in [0.2, 0.25) is 0 Å². The van der Waals surface area contributed by atoms with Gasteiger partial charge in [0.2, 0.25) is 0 Å². The molecule has 0 fully saturated rings. The largest absolute Gasteiger partial charge is 0.493 e. The first-order chi connectivity index (χ1) is 8.77. The van der Waals surface area contributed by atoms with Gasteiger partial charge in [0, 0.05) is 6.08 Å². The Morgan fingerprint density at radius 2 is 1.94 bits per heavy atom. The predicted molar refractivity (Wildman–Crippen MR) is 67.7 cm³/mol. The van der Waals surface area contributed by atoms with E-state index >= 15 is 0 Å². The molecule has 0 radical (unpaired) electrons. The zero-order valence-corrected chi connectivity index (χ0v) is 10.1. The summed E-state index contributed by atoms with van der Waals surface area (Å²) in [6.07, 6.45) is 3.36. The molecule has 0 aliphatic heterocycles. The number of rotatable bonds is 8. The number of para-hydroxylation sites is 1. The fourth-order valence-corrected chi connectivity index (χ4v) is 1.33. The molecular formula is C14H16O4. The lowest BCUT2D eigenvalue weighted by Gasteiger charge is -2.07. The fourth-order valence-electron chi connectivity index (χ4n) is 1.33. The van der Waals surface area contributed by atoms with E-state index in [1.807, 2.05) is 6.07 Å². The zero-order chi connectivity index (χ0) is 13.2. The summed E-state index contributed by atoms with van der Waals surface area (Å²) in [6.45, 7) is 4.14. The molecule has 0 saturated carbocycles. The van der Waals surface area contributed by atoms with Crippen LogP contribution in [-0.2, 0) is 9.53 Å². The summed E-state index contributed by atoms with van der Waals surface area (Å²) in [5.41, 5.74) is 0.538. The molecule has 0 aliphatic rings. The summed E-state index contributed by atoms with van der Waals surface area (Å²) in [6, 6.07) is 7.05. The van der Waals surface area contributed by atoms with Crippen LogP contribution in [0.4, 0.5) is 0 Å². The van der Waals surface area contributed by atoms with Gasteiger partial charge in [0.1, 0.15) is 5.75 Å². The van der Waals surface area contributed by atoms with Crippen molar-refractivity contribution in [2.75, 3.05) is 13.2 Å². The van der Waals surface area contributed by atoms with Gasteiger partial charge in [-0.3, -0.25) is 4.79 Å². The second-order valence-electron chi connectivity index (χ2n) is 3.58. The molecule has 1 rings (SSSR count). The first kappa shape index (κ1) is 14.0. The Morgan fingerprint density at radius 1 is 1.22 bits per heavy atom. The van der Waals surface area contributed by atoms with Crippen molar-refractivity contribution in [3.05, 3.63) is 42.5 Å². The smallest absolute Gasteiger partial charge is 0.330 e. The number of hydrogen-bond acceptors (Lipinski definition) is 4. The van der Waals surface area contributed by atoms with Gasteiger partial charge < -0.3 is 9.47 Å². The van der Waals surface area contributed by atoms with E-state index in [4.69, 9.17) is 9.47 Å². The van der Waals surface area contributed by atoms with Crippen LogP contribution in [0.25, 0.3) is 0 Å². The van der Waals surface area contributed by atoms with Crippen molar-refractivity contribution in [3.63, 3.8) is 0 Å². The van der Waals surface area contributed by atoms with Crippen LogP contribution in [0.15, 0.2) is 36.9 Å². The highest BCUT2D eigenvalue weighted by molar-refractivity contribution is 5.81. The van der Waals surface area contributed by atoms with Crippen LogP contribution >= 0.6 is 0 Å². The van der Waals surface area contributed by atoms with Crippen LogP contribution in [0.1, 0.15) is 23.2 Å². The number of carbonyl (C=O) groups is 2. The normalized spacial score (nSPS) is 9.56. The van der Waals surface area contributed by atoms with E-state index in [0.717, 1.165) is 18.8 Å². The molecule has 4 nitrogen and oxygen atoms in total. The Labute approximate surface area is 106 Å². The minimum Gasteiger partial charge on any atom is -0.493 e. The number of carbonyl (C=O) groups excluding carboxylic acids is 2. The second-order valence-corrected chi connectivity index (χ2v) is 3.58. The lowest BCUT2D eigenvalue weighted by Crippen LogP contribution is -2.05. The average molecular weight is 248 g/mol. The summed E-state index contributed by atoms with van der Waals surface area (Å²) >= 11 is 0. The second kappa shape index (κ2) is 8.06. The van der Waals surface area contributed by atoms with E-state index in [0.29, 0.717) is 30.9 Å². The van der Waals surface area contributed by atoms with E-state index in [1.165, 1.54) is 0 Å². The molecule has 96 valence electrons. The molecule has 0 heterocycles. The summed E-state index contributed by atoms with van der Waals surface area (Å²) in [5.74, 6) is 0.165.